The summed E-state index contributed by atoms with van der Waals surface area (Å²) in [5.41, 5.74) is 6.00. The molecule has 0 aliphatic heterocycles. The van der Waals surface area contributed by atoms with Gasteiger partial charge in [0, 0.05) is 6.42 Å². The molecule has 78 valence electrons. The summed E-state index contributed by atoms with van der Waals surface area (Å²) in [6.45, 7) is 0. The van der Waals surface area contributed by atoms with Crippen LogP contribution in [-0.4, -0.2) is 19.9 Å². The van der Waals surface area contributed by atoms with E-state index in [1.54, 1.807) is 0 Å². The van der Waals surface area contributed by atoms with Crippen LogP contribution in [0.3, 0.4) is 0 Å². The third kappa shape index (κ3) is 1.47. The molecule has 3 rings (SSSR count). The largest absolute Gasteiger partial charge is 0.369 e. The Balaban J connectivity index is 2.11. The number of H-pyrrole nitrogens is 2. The van der Waals surface area contributed by atoms with Crippen LogP contribution >= 0.6 is 0 Å². The van der Waals surface area contributed by atoms with Gasteiger partial charge in [0.15, 0.2) is 11.2 Å². The lowest BCUT2D eigenvalue weighted by molar-refractivity contribution is 0.787. The minimum Gasteiger partial charge on any atom is -0.369 e. The molecule has 0 amide bonds. The number of hydrogen-bond donors (Lipinski definition) is 3. The number of aromatic amines is 2. The van der Waals surface area contributed by atoms with E-state index in [9.17, 15) is 4.79 Å². The maximum Gasteiger partial charge on any atom is 0.278 e. The minimum atomic E-state index is -0.257. The molecule has 4 N–H and O–H groups in total. The molecule has 15 heavy (non-hydrogen) atoms. The highest BCUT2D eigenvalue weighted by Crippen LogP contribution is 2.31. The van der Waals surface area contributed by atoms with Crippen LogP contribution in [-0.2, 0) is 6.42 Å². The zero-order valence-corrected chi connectivity index (χ0v) is 8.08. The molecule has 2 aromatic rings. The lowest BCUT2D eigenvalue weighted by Crippen LogP contribution is -2.10. The fraction of sp³-hybridized carbons (Fsp3) is 0.444. The zero-order chi connectivity index (χ0) is 10.4. The molecule has 0 unspecified atom stereocenters. The molecule has 1 aliphatic rings. The monoisotopic (exact) mass is 205 g/mol. The maximum atomic E-state index is 11.5. The standard InChI is InChI=1S/C9H11N5O/c10-9-13-7-6(8(15)14-9)11-5(12-7)3-4-1-2-4/h4H,1-3H2,(H4,10,11,12,13,14,15). The van der Waals surface area contributed by atoms with Crippen molar-refractivity contribution < 1.29 is 0 Å². The van der Waals surface area contributed by atoms with E-state index in [2.05, 4.69) is 19.9 Å². The van der Waals surface area contributed by atoms with Crippen LogP contribution in [0.2, 0.25) is 0 Å². The van der Waals surface area contributed by atoms with E-state index in [-0.39, 0.29) is 11.5 Å². The fourth-order valence-electron chi connectivity index (χ4n) is 1.66. The van der Waals surface area contributed by atoms with E-state index in [0.29, 0.717) is 11.2 Å². The van der Waals surface area contributed by atoms with E-state index in [1.807, 2.05) is 0 Å². The molecule has 6 nitrogen and oxygen atoms in total. The van der Waals surface area contributed by atoms with Crippen molar-refractivity contribution in [2.45, 2.75) is 19.3 Å². The van der Waals surface area contributed by atoms with Gasteiger partial charge in [0.25, 0.3) is 5.56 Å². The van der Waals surface area contributed by atoms with Gasteiger partial charge in [-0.25, -0.2) is 4.98 Å². The highest BCUT2D eigenvalue weighted by Gasteiger charge is 2.23. The molecule has 2 heterocycles. The normalized spacial score (nSPS) is 16.0. The number of anilines is 1. The van der Waals surface area contributed by atoms with Gasteiger partial charge in [-0.3, -0.25) is 9.78 Å². The van der Waals surface area contributed by atoms with Gasteiger partial charge in [-0.2, -0.15) is 4.98 Å². The van der Waals surface area contributed by atoms with Gasteiger partial charge >= 0.3 is 0 Å². The Hall–Kier alpha value is -1.85. The number of aromatic nitrogens is 4. The summed E-state index contributed by atoms with van der Waals surface area (Å²) >= 11 is 0. The van der Waals surface area contributed by atoms with Gasteiger partial charge in [0.2, 0.25) is 5.95 Å². The molecule has 0 aromatic carbocycles. The van der Waals surface area contributed by atoms with Crippen LogP contribution in [0.25, 0.3) is 11.2 Å². The number of rotatable bonds is 2. The van der Waals surface area contributed by atoms with E-state index >= 15 is 0 Å². The zero-order valence-electron chi connectivity index (χ0n) is 8.08. The summed E-state index contributed by atoms with van der Waals surface area (Å²) in [6.07, 6.45) is 3.40. The Kier molecular flexibility index (Phi) is 1.59. The number of hydrogen-bond acceptors (Lipinski definition) is 4. The van der Waals surface area contributed by atoms with Crippen molar-refractivity contribution in [3.63, 3.8) is 0 Å². The summed E-state index contributed by atoms with van der Waals surface area (Å²) in [7, 11) is 0. The van der Waals surface area contributed by atoms with Crippen molar-refractivity contribution >= 4 is 17.1 Å². The summed E-state index contributed by atoms with van der Waals surface area (Å²) in [4.78, 5) is 25.1. The molecule has 1 aliphatic carbocycles. The first kappa shape index (κ1) is 8.46. The van der Waals surface area contributed by atoms with Crippen molar-refractivity contribution in [1.82, 2.24) is 19.9 Å². The molecule has 1 fully saturated rings. The Morgan fingerprint density at radius 3 is 2.87 bits per heavy atom. The van der Waals surface area contributed by atoms with Gasteiger partial charge in [0.1, 0.15) is 5.82 Å². The summed E-state index contributed by atoms with van der Waals surface area (Å²) in [5.74, 6) is 1.66. The van der Waals surface area contributed by atoms with Gasteiger partial charge in [-0.15, -0.1) is 0 Å². The van der Waals surface area contributed by atoms with Gasteiger partial charge in [-0.05, 0) is 18.8 Å². The van der Waals surface area contributed by atoms with Gasteiger partial charge in [0.05, 0.1) is 0 Å². The lowest BCUT2D eigenvalue weighted by atomic mass is 10.3. The molecule has 0 radical (unpaired) electrons. The number of nitrogens with one attached hydrogen (secondary N) is 2. The topological polar surface area (TPSA) is 100 Å². The summed E-state index contributed by atoms with van der Waals surface area (Å²) < 4.78 is 0. The van der Waals surface area contributed by atoms with Crippen LogP contribution in [0.15, 0.2) is 4.79 Å². The maximum absolute atomic E-state index is 11.5. The predicted molar refractivity (Wildman–Crippen MR) is 55.3 cm³/mol. The predicted octanol–water partition coefficient (Wildman–Crippen LogP) is 0.181. The van der Waals surface area contributed by atoms with E-state index in [0.717, 1.165) is 18.2 Å². The molecule has 0 atom stereocenters. The number of imidazole rings is 1. The van der Waals surface area contributed by atoms with Crippen LogP contribution in [0.5, 0.6) is 0 Å². The molecule has 1 saturated carbocycles. The molecule has 0 saturated heterocycles. The second kappa shape index (κ2) is 2.82. The summed E-state index contributed by atoms with van der Waals surface area (Å²) in [6, 6.07) is 0. The SMILES string of the molecule is Nc1nc2nc(CC3CC3)[nH]c2c(=O)[nH]1. The minimum absolute atomic E-state index is 0.108. The third-order valence-corrected chi connectivity index (χ3v) is 2.61. The average Bonchev–Trinajstić information content (AvgIpc) is 2.85. The summed E-state index contributed by atoms with van der Waals surface area (Å²) in [5, 5.41) is 0. The third-order valence-electron chi connectivity index (χ3n) is 2.61. The average molecular weight is 205 g/mol. The Morgan fingerprint density at radius 2 is 2.13 bits per heavy atom. The Morgan fingerprint density at radius 1 is 1.33 bits per heavy atom. The molecule has 0 spiro atoms. The first-order valence-corrected chi connectivity index (χ1v) is 4.97. The molecule has 0 bridgehead atoms. The van der Waals surface area contributed by atoms with Crippen LogP contribution in [0.4, 0.5) is 5.95 Å². The Bertz CT molecular complexity index is 565. The van der Waals surface area contributed by atoms with Crippen molar-refractivity contribution in [2.24, 2.45) is 5.92 Å². The van der Waals surface area contributed by atoms with E-state index in [4.69, 9.17) is 5.73 Å². The van der Waals surface area contributed by atoms with E-state index < -0.39 is 0 Å². The highest BCUT2D eigenvalue weighted by molar-refractivity contribution is 5.70. The fourth-order valence-corrected chi connectivity index (χ4v) is 1.66. The van der Waals surface area contributed by atoms with Gasteiger partial charge in [-0.1, -0.05) is 0 Å². The van der Waals surface area contributed by atoms with Crippen molar-refractivity contribution in [3.05, 3.63) is 16.2 Å². The van der Waals surface area contributed by atoms with Crippen LogP contribution < -0.4 is 11.3 Å². The van der Waals surface area contributed by atoms with Crippen molar-refractivity contribution in [1.29, 1.82) is 0 Å². The Labute approximate surface area is 84.9 Å². The van der Waals surface area contributed by atoms with E-state index in [1.165, 1.54) is 12.8 Å². The smallest absolute Gasteiger partial charge is 0.278 e. The van der Waals surface area contributed by atoms with Crippen LogP contribution in [0, 0.1) is 5.92 Å². The second-order valence-electron chi connectivity index (χ2n) is 3.98. The lowest BCUT2D eigenvalue weighted by Gasteiger charge is -1.89. The first-order chi connectivity index (χ1) is 7.22. The molecule has 6 heteroatoms. The van der Waals surface area contributed by atoms with Crippen molar-refractivity contribution in [2.75, 3.05) is 5.73 Å². The molecular weight excluding hydrogens is 194 g/mol. The molecular formula is C9H11N5O. The number of nitrogens with zero attached hydrogens (tertiary/aromatic N) is 2. The second-order valence-corrected chi connectivity index (χ2v) is 3.98. The first-order valence-electron chi connectivity index (χ1n) is 4.97. The number of fused-ring (bicyclic) bond motifs is 1. The van der Waals surface area contributed by atoms with Gasteiger partial charge < -0.3 is 10.7 Å². The van der Waals surface area contributed by atoms with Crippen molar-refractivity contribution in [3.8, 4) is 0 Å². The van der Waals surface area contributed by atoms with Crippen LogP contribution in [0.1, 0.15) is 18.7 Å². The molecule has 2 aromatic heterocycles. The highest BCUT2D eigenvalue weighted by atomic mass is 16.1. The number of nitrogen functional groups attached to an aromatic ring is 1. The number of nitrogens with two attached hydrogens (primary N) is 1. The quantitative estimate of drug-likeness (QED) is 0.651.